The molecule has 0 saturated heterocycles. The van der Waals surface area contributed by atoms with Crippen LogP contribution in [-0.2, 0) is 4.79 Å². The van der Waals surface area contributed by atoms with Gasteiger partial charge in [0.1, 0.15) is 5.75 Å². The minimum atomic E-state index is -0.908. The number of halogens is 1. The Balaban J connectivity index is 1.59. The molecule has 0 spiro atoms. The predicted octanol–water partition coefficient (Wildman–Crippen LogP) is 4.39. The van der Waals surface area contributed by atoms with Crippen LogP contribution in [0.5, 0.6) is 17.2 Å². The summed E-state index contributed by atoms with van der Waals surface area (Å²) in [6.07, 6.45) is 0.466. The van der Waals surface area contributed by atoms with E-state index in [0.29, 0.717) is 11.3 Å². The standard InChI is InChI=1S/C24H20ClN3O7/c1-15(34-18-10-8-17(9-11-18)28(31)32)23(29)27-26-14-16-7-12-21(22(13-16)33-2)35-24(30)19-5-3-4-6-20(19)25/h3-15H,1-2H3,(H,27,29)/b26-14-/t15-/m1/s1. The zero-order chi connectivity index (χ0) is 25.4. The van der Waals surface area contributed by atoms with Gasteiger partial charge in [0.25, 0.3) is 11.6 Å². The van der Waals surface area contributed by atoms with Crippen LogP contribution in [0, 0.1) is 10.1 Å². The van der Waals surface area contributed by atoms with E-state index in [0.717, 1.165) is 0 Å². The van der Waals surface area contributed by atoms with Crippen molar-refractivity contribution in [1.82, 2.24) is 5.43 Å². The van der Waals surface area contributed by atoms with Crippen LogP contribution in [0.2, 0.25) is 5.02 Å². The number of nitro groups is 1. The minimum absolute atomic E-state index is 0.0841. The molecular weight excluding hydrogens is 478 g/mol. The average molecular weight is 498 g/mol. The van der Waals surface area contributed by atoms with Crippen LogP contribution in [0.3, 0.4) is 0 Å². The molecule has 0 fully saturated rings. The molecule has 10 nitrogen and oxygen atoms in total. The van der Waals surface area contributed by atoms with Gasteiger partial charge in [0.05, 0.1) is 28.8 Å². The number of hydrogen-bond acceptors (Lipinski definition) is 8. The molecule has 0 aliphatic heterocycles. The molecule has 0 aliphatic rings. The second-order valence-corrected chi connectivity index (χ2v) is 7.43. The molecule has 0 heterocycles. The summed E-state index contributed by atoms with van der Waals surface area (Å²) in [5, 5.41) is 14.9. The fourth-order valence-electron chi connectivity index (χ4n) is 2.80. The third-order valence-electron chi connectivity index (χ3n) is 4.60. The van der Waals surface area contributed by atoms with Gasteiger partial charge in [0.15, 0.2) is 17.6 Å². The van der Waals surface area contributed by atoms with Crippen LogP contribution in [0.4, 0.5) is 5.69 Å². The number of carbonyl (C=O) groups is 2. The first kappa shape index (κ1) is 25.2. The van der Waals surface area contributed by atoms with E-state index in [1.165, 1.54) is 50.6 Å². The number of nitrogens with zero attached hydrogens (tertiary/aromatic N) is 2. The van der Waals surface area contributed by atoms with Crippen molar-refractivity contribution in [1.29, 1.82) is 0 Å². The van der Waals surface area contributed by atoms with E-state index in [4.69, 9.17) is 25.8 Å². The fraction of sp³-hybridized carbons (Fsp3) is 0.125. The Morgan fingerprint density at radius 3 is 2.46 bits per heavy atom. The number of non-ortho nitro benzene ring substituents is 1. The third kappa shape index (κ3) is 6.78. The van der Waals surface area contributed by atoms with Gasteiger partial charge < -0.3 is 14.2 Å². The van der Waals surface area contributed by atoms with Gasteiger partial charge in [-0.2, -0.15) is 5.10 Å². The molecule has 11 heteroatoms. The van der Waals surface area contributed by atoms with Gasteiger partial charge in [-0.05, 0) is 55.0 Å². The summed E-state index contributed by atoms with van der Waals surface area (Å²) in [7, 11) is 1.42. The van der Waals surface area contributed by atoms with E-state index in [2.05, 4.69) is 10.5 Å². The van der Waals surface area contributed by atoms with Crippen LogP contribution in [0.1, 0.15) is 22.8 Å². The zero-order valence-electron chi connectivity index (χ0n) is 18.6. The van der Waals surface area contributed by atoms with Crippen molar-refractivity contribution < 1.29 is 28.7 Å². The number of benzene rings is 3. The Bertz CT molecular complexity index is 1260. The second kappa shape index (κ2) is 11.6. The lowest BCUT2D eigenvalue weighted by Gasteiger charge is -2.12. The van der Waals surface area contributed by atoms with Crippen molar-refractivity contribution in [2.75, 3.05) is 7.11 Å². The maximum absolute atomic E-state index is 12.4. The Kier molecular flexibility index (Phi) is 8.36. The highest BCUT2D eigenvalue weighted by molar-refractivity contribution is 6.33. The summed E-state index contributed by atoms with van der Waals surface area (Å²) in [6, 6.07) is 16.6. The number of amides is 1. The summed E-state index contributed by atoms with van der Waals surface area (Å²) in [6.45, 7) is 1.51. The van der Waals surface area contributed by atoms with Crippen LogP contribution >= 0.6 is 11.6 Å². The van der Waals surface area contributed by atoms with Crippen molar-refractivity contribution in [3.63, 3.8) is 0 Å². The summed E-state index contributed by atoms with van der Waals surface area (Å²) >= 11 is 6.03. The molecule has 35 heavy (non-hydrogen) atoms. The number of rotatable bonds is 9. The summed E-state index contributed by atoms with van der Waals surface area (Å²) in [4.78, 5) is 34.8. The van der Waals surface area contributed by atoms with Crippen LogP contribution < -0.4 is 19.6 Å². The minimum Gasteiger partial charge on any atom is -0.493 e. The van der Waals surface area contributed by atoms with Gasteiger partial charge in [0, 0.05) is 12.1 Å². The number of hydrogen-bond donors (Lipinski definition) is 1. The second-order valence-electron chi connectivity index (χ2n) is 7.03. The molecule has 3 aromatic rings. The number of nitro benzene ring substituents is 1. The van der Waals surface area contributed by atoms with E-state index in [1.807, 2.05) is 0 Å². The summed E-state index contributed by atoms with van der Waals surface area (Å²) in [5.74, 6) is -0.408. The molecule has 0 radical (unpaired) electrons. The van der Waals surface area contributed by atoms with Gasteiger partial charge in [0.2, 0.25) is 0 Å². The third-order valence-corrected chi connectivity index (χ3v) is 4.93. The molecule has 0 saturated carbocycles. The maximum Gasteiger partial charge on any atom is 0.345 e. The lowest BCUT2D eigenvalue weighted by molar-refractivity contribution is -0.384. The normalized spacial score (nSPS) is 11.5. The topological polar surface area (TPSA) is 129 Å². The molecular formula is C24H20ClN3O7. The van der Waals surface area contributed by atoms with Crippen LogP contribution in [0.25, 0.3) is 0 Å². The van der Waals surface area contributed by atoms with Crippen LogP contribution in [0.15, 0.2) is 71.8 Å². The first-order valence-electron chi connectivity index (χ1n) is 10.2. The van der Waals surface area contributed by atoms with Crippen LogP contribution in [-0.4, -0.2) is 36.2 Å². The van der Waals surface area contributed by atoms with E-state index in [-0.39, 0.29) is 27.8 Å². The number of hydrazone groups is 1. The number of nitrogens with one attached hydrogen (secondary N) is 1. The number of esters is 1. The highest BCUT2D eigenvalue weighted by atomic mass is 35.5. The predicted molar refractivity (Wildman–Crippen MR) is 128 cm³/mol. The Labute approximate surface area is 205 Å². The molecule has 1 atom stereocenters. The fourth-order valence-corrected chi connectivity index (χ4v) is 3.01. The van der Waals surface area contributed by atoms with Gasteiger partial charge >= 0.3 is 5.97 Å². The largest absolute Gasteiger partial charge is 0.493 e. The molecule has 0 bridgehead atoms. The number of carbonyl (C=O) groups excluding carboxylic acids is 2. The van der Waals surface area contributed by atoms with Gasteiger partial charge in [-0.25, -0.2) is 10.2 Å². The molecule has 3 rings (SSSR count). The molecule has 3 aromatic carbocycles. The molecule has 1 amide bonds. The monoisotopic (exact) mass is 497 g/mol. The molecule has 0 unspecified atom stereocenters. The van der Waals surface area contributed by atoms with E-state index < -0.39 is 22.9 Å². The zero-order valence-corrected chi connectivity index (χ0v) is 19.4. The van der Waals surface area contributed by atoms with Crippen molar-refractivity contribution in [3.8, 4) is 17.2 Å². The summed E-state index contributed by atoms with van der Waals surface area (Å²) < 4.78 is 16.1. The van der Waals surface area contributed by atoms with Crippen molar-refractivity contribution in [3.05, 3.63) is 93.0 Å². The Hall–Kier alpha value is -4.44. The van der Waals surface area contributed by atoms with E-state index in [1.54, 1.807) is 36.4 Å². The first-order valence-corrected chi connectivity index (χ1v) is 10.5. The smallest absolute Gasteiger partial charge is 0.345 e. The lowest BCUT2D eigenvalue weighted by Crippen LogP contribution is -2.33. The first-order chi connectivity index (χ1) is 16.8. The van der Waals surface area contributed by atoms with Crippen molar-refractivity contribution in [2.24, 2.45) is 5.10 Å². The lowest BCUT2D eigenvalue weighted by atomic mass is 10.2. The van der Waals surface area contributed by atoms with E-state index >= 15 is 0 Å². The molecule has 180 valence electrons. The number of methoxy groups -OCH3 is 1. The highest BCUT2D eigenvalue weighted by Gasteiger charge is 2.16. The van der Waals surface area contributed by atoms with Crippen molar-refractivity contribution >= 4 is 35.4 Å². The summed E-state index contributed by atoms with van der Waals surface area (Å²) in [5.41, 5.74) is 3.04. The quantitative estimate of drug-likeness (QED) is 0.152. The number of ether oxygens (including phenoxy) is 3. The van der Waals surface area contributed by atoms with Crippen molar-refractivity contribution in [2.45, 2.75) is 13.0 Å². The van der Waals surface area contributed by atoms with Gasteiger partial charge in [-0.15, -0.1) is 0 Å². The van der Waals surface area contributed by atoms with Gasteiger partial charge in [-0.1, -0.05) is 23.7 Å². The van der Waals surface area contributed by atoms with Gasteiger partial charge in [-0.3, -0.25) is 14.9 Å². The average Bonchev–Trinajstić information content (AvgIpc) is 2.85. The molecule has 0 aromatic heterocycles. The SMILES string of the molecule is COc1cc(/C=N\NC(=O)[C@@H](C)Oc2ccc([N+](=O)[O-])cc2)ccc1OC(=O)c1ccccc1Cl. The highest BCUT2D eigenvalue weighted by Crippen LogP contribution is 2.29. The maximum atomic E-state index is 12.4. The molecule has 1 N–H and O–H groups in total. The molecule has 0 aliphatic carbocycles. The van der Waals surface area contributed by atoms with E-state index in [9.17, 15) is 19.7 Å². The Morgan fingerprint density at radius 1 is 1.09 bits per heavy atom. The Morgan fingerprint density at radius 2 is 1.80 bits per heavy atom.